The predicted molar refractivity (Wildman–Crippen MR) is 98.7 cm³/mol. The van der Waals surface area contributed by atoms with Crippen molar-refractivity contribution in [2.45, 2.75) is 9.96 Å². The number of hydrogen-bond acceptors (Lipinski definition) is 1. The van der Waals surface area contributed by atoms with Gasteiger partial charge in [0.05, 0.1) is 5.56 Å². The summed E-state index contributed by atoms with van der Waals surface area (Å²) < 4.78 is -1.82. The molecule has 0 radical (unpaired) electrons. The van der Waals surface area contributed by atoms with Gasteiger partial charge in [-0.1, -0.05) is 64.6 Å². The highest BCUT2D eigenvalue weighted by Gasteiger charge is 2.36. The lowest BCUT2D eigenvalue weighted by Crippen LogP contribution is -2.89. The number of nitrogens with two attached hydrogens (primary N) is 1. The summed E-state index contributed by atoms with van der Waals surface area (Å²) in [7, 11) is 0. The molecule has 24 heavy (non-hydrogen) atoms. The second-order valence-corrected chi connectivity index (χ2v) is 7.68. The van der Waals surface area contributed by atoms with Gasteiger partial charge in [-0.05, 0) is 36.4 Å². The fourth-order valence-electron chi connectivity index (χ4n) is 1.87. The summed E-state index contributed by atoms with van der Waals surface area (Å²) in [6.45, 7) is 0. The van der Waals surface area contributed by atoms with Crippen LogP contribution in [0.3, 0.4) is 0 Å². The SMILES string of the molecule is NC(=[NH+][C@@H](NC(=O)c1ccc(Cl)cc1)C(Cl)(Cl)Cl)c1ccccc1. The molecule has 0 aliphatic heterocycles. The third-order valence-electron chi connectivity index (χ3n) is 3.09. The lowest BCUT2D eigenvalue weighted by molar-refractivity contribution is -0.507. The Balaban J connectivity index is 2.23. The van der Waals surface area contributed by atoms with Crippen molar-refractivity contribution in [2.24, 2.45) is 5.73 Å². The van der Waals surface area contributed by atoms with Gasteiger partial charge < -0.3 is 5.32 Å². The smallest absolute Gasteiger partial charge is 0.274 e. The van der Waals surface area contributed by atoms with Gasteiger partial charge in [0.2, 0.25) is 9.96 Å². The molecule has 8 heteroatoms. The molecule has 0 heterocycles. The maximum absolute atomic E-state index is 12.3. The van der Waals surface area contributed by atoms with Crippen LogP contribution >= 0.6 is 46.4 Å². The van der Waals surface area contributed by atoms with Crippen molar-refractivity contribution in [1.29, 1.82) is 0 Å². The zero-order valence-electron chi connectivity index (χ0n) is 12.3. The molecule has 4 nitrogen and oxygen atoms in total. The molecule has 0 unspecified atom stereocenters. The third kappa shape index (κ3) is 5.28. The van der Waals surface area contributed by atoms with Crippen LogP contribution in [0.15, 0.2) is 54.6 Å². The highest BCUT2D eigenvalue weighted by molar-refractivity contribution is 6.68. The number of nitrogen functional groups attached to an aromatic ring is 1. The Kier molecular flexibility index (Phi) is 6.35. The van der Waals surface area contributed by atoms with Crippen LogP contribution < -0.4 is 16.0 Å². The predicted octanol–water partition coefficient (Wildman–Crippen LogP) is 2.25. The molecule has 0 saturated heterocycles. The van der Waals surface area contributed by atoms with Gasteiger partial charge >= 0.3 is 0 Å². The van der Waals surface area contributed by atoms with E-state index in [1.54, 1.807) is 36.4 Å². The first kappa shape index (κ1) is 18.9. The molecular weight excluding hydrogens is 392 g/mol. The highest BCUT2D eigenvalue weighted by Crippen LogP contribution is 2.27. The Morgan fingerprint density at radius 3 is 2.12 bits per heavy atom. The van der Waals surface area contributed by atoms with Gasteiger partial charge in [-0.25, -0.2) is 4.99 Å². The van der Waals surface area contributed by atoms with Gasteiger partial charge in [0.15, 0.2) is 0 Å². The summed E-state index contributed by atoms with van der Waals surface area (Å²) in [6.07, 6.45) is -1.04. The van der Waals surface area contributed by atoms with Crippen LogP contribution in [0.4, 0.5) is 0 Å². The van der Waals surface area contributed by atoms with Crippen molar-refractivity contribution in [3.05, 3.63) is 70.7 Å². The Morgan fingerprint density at radius 1 is 1.00 bits per heavy atom. The Bertz CT molecular complexity index is 727. The number of hydrogen-bond donors (Lipinski definition) is 3. The van der Waals surface area contributed by atoms with Crippen molar-refractivity contribution in [1.82, 2.24) is 5.32 Å². The maximum atomic E-state index is 12.3. The lowest BCUT2D eigenvalue weighted by atomic mass is 10.2. The highest BCUT2D eigenvalue weighted by atomic mass is 35.6. The van der Waals surface area contributed by atoms with Gasteiger partial charge in [-0.2, -0.15) is 0 Å². The standard InChI is InChI=1S/C16H13Cl4N3O/c17-12-8-6-11(7-9-12)14(24)23-15(16(18,19)20)22-13(21)10-4-2-1-3-5-10/h1-9,15H,(H2,21,22)(H,23,24)/p+1/t15-/m0/s1. The van der Waals surface area contributed by atoms with E-state index < -0.39 is 15.9 Å². The second kappa shape index (κ2) is 8.08. The Morgan fingerprint density at radius 2 is 1.58 bits per heavy atom. The van der Waals surface area contributed by atoms with E-state index >= 15 is 0 Å². The van der Waals surface area contributed by atoms with E-state index in [-0.39, 0.29) is 5.84 Å². The first-order chi connectivity index (χ1) is 11.3. The van der Waals surface area contributed by atoms with Crippen LogP contribution in [0, 0.1) is 0 Å². The van der Waals surface area contributed by atoms with Gasteiger partial charge in [0, 0.05) is 10.6 Å². The molecule has 2 aromatic carbocycles. The molecule has 1 atom stereocenters. The fraction of sp³-hybridized carbons (Fsp3) is 0.125. The van der Waals surface area contributed by atoms with E-state index in [0.717, 1.165) is 0 Å². The molecule has 0 aromatic heterocycles. The molecule has 4 N–H and O–H groups in total. The van der Waals surface area contributed by atoms with Crippen LogP contribution in [-0.2, 0) is 0 Å². The van der Waals surface area contributed by atoms with E-state index in [9.17, 15) is 4.79 Å². The summed E-state index contributed by atoms with van der Waals surface area (Å²) in [5.74, 6) is -0.167. The van der Waals surface area contributed by atoms with E-state index in [1.807, 2.05) is 18.2 Å². The average Bonchev–Trinajstić information content (AvgIpc) is 2.54. The van der Waals surface area contributed by atoms with Gasteiger partial charge in [-0.15, -0.1) is 0 Å². The minimum absolute atomic E-state index is 0.267. The summed E-state index contributed by atoms with van der Waals surface area (Å²) in [6, 6.07) is 15.4. The molecule has 0 bridgehead atoms. The summed E-state index contributed by atoms with van der Waals surface area (Å²) in [5.41, 5.74) is 7.07. The van der Waals surface area contributed by atoms with Crippen LogP contribution in [0.2, 0.25) is 5.02 Å². The number of nitrogens with one attached hydrogen (secondary N) is 2. The Hall–Kier alpha value is -1.46. The number of alkyl halides is 3. The van der Waals surface area contributed by atoms with Crippen molar-refractivity contribution in [3.63, 3.8) is 0 Å². The molecule has 1 amide bonds. The average molecular weight is 406 g/mol. The first-order valence-electron chi connectivity index (χ1n) is 6.85. The number of rotatable bonds is 4. The zero-order chi connectivity index (χ0) is 17.7. The summed E-state index contributed by atoms with van der Waals surface area (Å²) in [5, 5.41) is 3.12. The van der Waals surface area contributed by atoms with Crippen LogP contribution in [0.25, 0.3) is 0 Å². The lowest BCUT2D eigenvalue weighted by Gasteiger charge is -2.20. The minimum atomic E-state index is -1.82. The van der Waals surface area contributed by atoms with E-state index in [1.165, 1.54) is 0 Å². The Labute approximate surface area is 159 Å². The van der Waals surface area contributed by atoms with Gasteiger partial charge in [-0.3, -0.25) is 10.5 Å². The number of halogens is 4. The molecule has 0 fully saturated rings. The maximum Gasteiger partial charge on any atom is 0.274 e. The normalized spacial score (nSPS) is 13.4. The van der Waals surface area contributed by atoms with Crippen LogP contribution in [0.5, 0.6) is 0 Å². The largest absolute Gasteiger partial charge is 0.310 e. The van der Waals surface area contributed by atoms with E-state index in [4.69, 9.17) is 52.1 Å². The van der Waals surface area contributed by atoms with E-state index in [0.29, 0.717) is 16.1 Å². The van der Waals surface area contributed by atoms with Crippen molar-refractivity contribution in [2.75, 3.05) is 0 Å². The number of carbonyl (C=O) groups is 1. The third-order valence-corrected chi connectivity index (χ3v) is 4.00. The molecule has 2 aromatic rings. The van der Waals surface area contributed by atoms with Crippen LogP contribution in [0.1, 0.15) is 15.9 Å². The van der Waals surface area contributed by atoms with Gasteiger partial charge in [0.1, 0.15) is 0 Å². The number of amidine groups is 1. The van der Waals surface area contributed by atoms with E-state index in [2.05, 4.69) is 10.3 Å². The monoisotopic (exact) mass is 404 g/mol. The summed E-state index contributed by atoms with van der Waals surface area (Å²) in [4.78, 5) is 15.1. The second-order valence-electron chi connectivity index (χ2n) is 4.88. The fourth-order valence-corrected chi connectivity index (χ4v) is 2.33. The van der Waals surface area contributed by atoms with Crippen molar-refractivity contribution in [3.8, 4) is 0 Å². The van der Waals surface area contributed by atoms with Crippen LogP contribution in [-0.4, -0.2) is 21.7 Å². The van der Waals surface area contributed by atoms with Crippen molar-refractivity contribution < 1.29 is 9.79 Å². The topological polar surface area (TPSA) is 69.1 Å². The number of carbonyl (C=O) groups excluding carboxylic acids is 1. The molecule has 0 spiro atoms. The van der Waals surface area contributed by atoms with Crippen molar-refractivity contribution >= 4 is 58.1 Å². The molecule has 0 aliphatic rings. The zero-order valence-corrected chi connectivity index (χ0v) is 15.3. The quantitative estimate of drug-likeness (QED) is 0.316. The molecule has 0 saturated carbocycles. The molecule has 2 rings (SSSR count). The number of benzene rings is 2. The van der Waals surface area contributed by atoms with Gasteiger partial charge in [0.25, 0.3) is 11.7 Å². The first-order valence-corrected chi connectivity index (χ1v) is 8.36. The minimum Gasteiger partial charge on any atom is -0.310 e. The molecular formula is C16H14Cl4N3O+. The summed E-state index contributed by atoms with van der Waals surface area (Å²) >= 11 is 23.7. The molecule has 0 aliphatic carbocycles. The molecule has 126 valence electrons. The number of amides is 1.